The molecule has 2 N–H and O–H groups in total. The molecule has 5 heterocycles. The van der Waals surface area contributed by atoms with E-state index >= 15 is 0 Å². The van der Waals surface area contributed by atoms with Crippen molar-refractivity contribution in [2.75, 3.05) is 19.0 Å². The molecule has 0 spiro atoms. The molecule has 1 aromatic carbocycles. The molecule has 0 aliphatic rings. The number of anilines is 1. The fourth-order valence-corrected chi connectivity index (χ4v) is 3.94. The first-order valence-corrected chi connectivity index (χ1v) is 10.7. The minimum absolute atomic E-state index is 0.350. The van der Waals surface area contributed by atoms with E-state index in [1.54, 1.807) is 36.8 Å². The van der Waals surface area contributed by atoms with E-state index in [9.17, 15) is 4.39 Å². The van der Waals surface area contributed by atoms with Gasteiger partial charge in [-0.2, -0.15) is 5.10 Å². The Balaban J connectivity index is 1.49. The number of fused-ring (bicyclic) bond motifs is 2. The van der Waals surface area contributed by atoms with Crippen molar-refractivity contribution >= 4 is 27.8 Å². The maximum atomic E-state index is 14.5. The zero-order valence-electron chi connectivity index (χ0n) is 18.4. The highest BCUT2D eigenvalue weighted by atomic mass is 19.1. The van der Waals surface area contributed by atoms with Crippen LogP contribution in [0.25, 0.3) is 56.1 Å². The van der Waals surface area contributed by atoms with Crippen LogP contribution >= 0.6 is 0 Å². The van der Waals surface area contributed by atoms with Gasteiger partial charge in [-0.15, -0.1) is 0 Å². The predicted molar refractivity (Wildman–Crippen MR) is 130 cm³/mol. The molecule has 0 fully saturated rings. The Labute approximate surface area is 193 Å². The highest BCUT2D eigenvalue weighted by molar-refractivity contribution is 5.95. The molecule has 0 saturated carbocycles. The highest BCUT2D eigenvalue weighted by Gasteiger charge is 2.18. The highest BCUT2D eigenvalue weighted by Crippen LogP contribution is 2.31. The van der Waals surface area contributed by atoms with Crippen LogP contribution in [0.2, 0.25) is 0 Å². The summed E-state index contributed by atoms with van der Waals surface area (Å²) in [5.74, 6) is 0.175. The Morgan fingerprint density at radius 2 is 1.74 bits per heavy atom. The van der Waals surface area contributed by atoms with Gasteiger partial charge in [0, 0.05) is 37.6 Å². The van der Waals surface area contributed by atoms with Crippen LogP contribution in [-0.2, 0) is 0 Å². The number of benzene rings is 1. The minimum Gasteiger partial charge on any atom is -0.376 e. The van der Waals surface area contributed by atoms with Gasteiger partial charge >= 0.3 is 0 Å². The summed E-state index contributed by atoms with van der Waals surface area (Å²) in [4.78, 5) is 23.6. The smallest absolute Gasteiger partial charge is 0.161 e. The molecular weight excluding hydrogens is 431 g/mol. The molecule has 0 amide bonds. The second kappa shape index (κ2) is 7.73. The summed E-state index contributed by atoms with van der Waals surface area (Å²) >= 11 is 0. The van der Waals surface area contributed by atoms with Crippen molar-refractivity contribution in [1.82, 2.24) is 35.1 Å². The van der Waals surface area contributed by atoms with Gasteiger partial charge in [-0.3, -0.25) is 15.1 Å². The summed E-state index contributed by atoms with van der Waals surface area (Å²) in [5, 5.41) is 7.48. The minimum atomic E-state index is -0.350. The second-order valence-electron chi connectivity index (χ2n) is 8.11. The van der Waals surface area contributed by atoms with E-state index in [-0.39, 0.29) is 5.82 Å². The average Bonchev–Trinajstić information content (AvgIpc) is 3.48. The molecule has 34 heavy (non-hydrogen) atoms. The van der Waals surface area contributed by atoms with Crippen molar-refractivity contribution in [3.05, 3.63) is 72.9 Å². The summed E-state index contributed by atoms with van der Waals surface area (Å²) < 4.78 is 14.5. The van der Waals surface area contributed by atoms with Crippen molar-refractivity contribution in [1.29, 1.82) is 0 Å². The molecule has 9 heteroatoms. The molecule has 0 atom stereocenters. The van der Waals surface area contributed by atoms with E-state index in [0.717, 1.165) is 28.0 Å². The van der Waals surface area contributed by atoms with E-state index in [1.165, 1.54) is 6.07 Å². The maximum absolute atomic E-state index is 14.5. The number of pyridine rings is 3. The zero-order chi connectivity index (χ0) is 23.2. The molecule has 5 aromatic heterocycles. The van der Waals surface area contributed by atoms with Gasteiger partial charge in [0.1, 0.15) is 22.5 Å². The Kier molecular flexibility index (Phi) is 4.54. The largest absolute Gasteiger partial charge is 0.376 e. The van der Waals surface area contributed by atoms with Crippen LogP contribution in [0.3, 0.4) is 0 Å². The van der Waals surface area contributed by atoms with Crippen LogP contribution in [0.1, 0.15) is 0 Å². The molecule has 0 bridgehead atoms. The van der Waals surface area contributed by atoms with Crippen LogP contribution in [0.15, 0.2) is 67.1 Å². The Morgan fingerprint density at radius 3 is 2.59 bits per heavy atom. The number of imidazole rings is 1. The van der Waals surface area contributed by atoms with Gasteiger partial charge in [-0.1, -0.05) is 12.1 Å². The van der Waals surface area contributed by atoms with Crippen LogP contribution in [-0.4, -0.2) is 49.2 Å². The maximum Gasteiger partial charge on any atom is 0.161 e. The van der Waals surface area contributed by atoms with E-state index < -0.39 is 0 Å². The van der Waals surface area contributed by atoms with Crippen LogP contribution in [0, 0.1) is 5.82 Å². The Hall–Kier alpha value is -4.66. The van der Waals surface area contributed by atoms with Crippen LogP contribution in [0.4, 0.5) is 10.1 Å². The number of aromatic nitrogens is 7. The number of aromatic amines is 2. The van der Waals surface area contributed by atoms with E-state index in [0.29, 0.717) is 33.8 Å². The second-order valence-corrected chi connectivity index (χ2v) is 8.11. The van der Waals surface area contributed by atoms with Crippen molar-refractivity contribution in [2.24, 2.45) is 0 Å². The van der Waals surface area contributed by atoms with Gasteiger partial charge in [-0.05, 0) is 36.4 Å². The van der Waals surface area contributed by atoms with Crippen molar-refractivity contribution in [3.8, 4) is 34.0 Å². The van der Waals surface area contributed by atoms with E-state index in [4.69, 9.17) is 9.97 Å². The van der Waals surface area contributed by atoms with Gasteiger partial charge in [0.15, 0.2) is 11.5 Å². The molecule has 0 unspecified atom stereocenters. The van der Waals surface area contributed by atoms with Crippen molar-refractivity contribution in [2.45, 2.75) is 0 Å². The van der Waals surface area contributed by atoms with E-state index in [1.807, 2.05) is 43.3 Å². The third kappa shape index (κ3) is 3.25. The lowest BCUT2D eigenvalue weighted by Gasteiger charge is -2.12. The van der Waals surface area contributed by atoms with Gasteiger partial charge in [0.2, 0.25) is 0 Å². The molecule has 8 nitrogen and oxygen atoms in total. The molecule has 6 rings (SSSR count). The van der Waals surface area contributed by atoms with Crippen LogP contribution < -0.4 is 4.90 Å². The van der Waals surface area contributed by atoms with Crippen LogP contribution in [0.5, 0.6) is 0 Å². The third-order valence-corrected chi connectivity index (χ3v) is 5.70. The van der Waals surface area contributed by atoms with Gasteiger partial charge in [0.25, 0.3) is 0 Å². The Morgan fingerprint density at radius 1 is 0.882 bits per heavy atom. The third-order valence-electron chi connectivity index (χ3n) is 5.70. The lowest BCUT2D eigenvalue weighted by atomic mass is 10.1. The number of nitrogens with zero attached hydrogens (tertiary/aromatic N) is 6. The molecule has 166 valence electrons. The first-order chi connectivity index (χ1) is 16.6. The lowest BCUT2D eigenvalue weighted by Crippen LogP contribution is -2.08. The topological polar surface area (TPSA) is 99.3 Å². The number of hydrogen-bond donors (Lipinski definition) is 2. The summed E-state index contributed by atoms with van der Waals surface area (Å²) in [5.41, 5.74) is 6.85. The first-order valence-electron chi connectivity index (χ1n) is 10.7. The van der Waals surface area contributed by atoms with Gasteiger partial charge in [-0.25, -0.2) is 14.4 Å². The number of H-pyrrole nitrogens is 2. The number of halogens is 1. The fraction of sp³-hybridized carbons (Fsp3) is 0.0800. The van der Waals surface area contributed by atoms with Gasteiger partial charge < -0.3 is 9.88 Å². The molecule has 0 saturated heterocycles. The molecule has 0 aliphatic heterocycles. The standard InChI is InChI=1S/C25H19FN8/c1-34(2)15-11-14(12-27-13-15)18-7-8-20-23(29-18)24(33-32-20)25-30-19-9-10-28-21(22(19)31-25)16-5-3-4-6-17(16)26/h3-13H,1-2H3,(H,30,31)(H,32,33). The Bertz CT molecular complexity index is 1670. The summed E-state index contributed by atoms with van der Waals surface area (Å²) in [6.07, 6.45) is 5.23. The summed E-state index contributed by atoms with van der Waals surface area (Å²) in [6, 6.07) is 14.2. The summed E-state index contributed by atoms with van der Waals surface area (Å²) in [7, 11) is 3.94. The normalized spacial score (nSPS) is 11.4. The lowest BCUT2D eigenvalue weighted by molar-refractivity contribution is 0.631. The number of hydrogen-bond acceptors (Lipinski definition) is 6. The average molecular weight is 450 g/mol. The van der Waals surface area contributed by atoms with E-state index in [2.05, 4.69) is 25.1 Å². The predicted octanol–water partition coefficient (Wildman–Crippen LogP) is 4.83. The zero-order valence-corrected chi connectivity index (χ0v) is 18.4. The molecule has 6 aromatic rings. The molecular formula is C25H19FN8. The molecule has 0 radical (unpaired) electrons. The SMILES string of the molecule is CN(C)c1cncc(-c2ccc3[nH]nc(-c4nc5c(-c6ccccc6F)nccc5[nH]4)c3n2)c1. The monoisotopic (exact) mass is 450 g/mol. The summed E-state index contributed by atoms with van der Waals surface area (Å²) in [6.45, 7) is 0. The number of rotatable bonds is 4. The number of nitrogens with one attached hydrogen (secondary N) is 2. The molecule has 0 aliphatic carbocycles. The first kappa shape index (κ1) is 20.0. The van der Waals surface area contributed by atoms with Gasteiger partial charge in [0.05, 0.1) is 28.6 Å². The van der Waals surface area contributed by atoms with Crippen molar-refractivity contribution in [3.63, 3.8) is 0 Å². The van der Waals surface area contributed by atoms with Crippen molar-refractivity contribution < 1.29 is 4.39 Å². The quantitative estimate of drug-likeness (QED) is 0.399. The fourth-order valence-electron chi connectivity index (χ4n) is 3.94.